The molecule has 1 saturated carbocycles. The number of carbonyl (C=O) groups is 1. The zero-order chi connectivity index (χ0) is 19.3. The Morgan fingerprint density at radius 1 is 1.29 bits per heavy atom. The Morgan fingerprint density at radius 3 is 2.86 bits per heavy atom. The molecule has 0 bridgehead atoms. The lowest BCUT2D eigenvalue weighted by Crippen LogP contribution is -2.23. The average molecular weight is 381 g/mol. The van der Waals surface area contributed by atoms with E-state index in [4.69, 9.17) is 0 Å². The molecule has 8 heteroatoms. The van der Waals surface area contributed by atoms with Gasteiger partial charge >= 0.3 is 0 Å². The first-order valence-corrected chi connectivity index (χ1v) is 9.11. The van der Waals surface area contributed by atoms with Crippen molar-refractivity contribution >= 4 is 22.5 Å². The van der Waals surface area contributed by atoms with E-state index in [2.05, 4.69) is 20.4 Å². The van der Waals surface area contributed by atoms with Crippen molar-refractivity contribution < 1.29 is 13.6 Å². The number of benzene rings is 1. The average Bonchev–Trinajstić information content (AvgIpc) is 3.32. The molecule has 0 unspecified atom stereocenters. The van der Waals surface area contributed by atoms with Gasteiger partial charge in [-0.05, 0) is 36.4 Å². The van der Waals surface area contributed by atoms with Crippen LogP contribution in [0.15, 0.2) is 42.6 Å². The van der Waals surface area contributed by atoms with Crippen molar-refractivity contribution in [2.45, 2.75) is 31.7 Å². The molecule has 6 nitrogen and oxygen atoms in total. The lowest BCUT2D eigenvalue weighted by Gasteiger charge is -2.08. The van der Waals surface area contributed by atoms with Gasteiger partial charge in [-0.25, -0.2) is 18.3 Å². The van der Waals surface area contributed by atoms with Gasteiger partial charge in [0.25, 0.3) is 12.3 Å². The van der Waals surface area contributed by atoms with E-state index in [0.717, 1.165) is 34.0 Å². The third kappa shape index (κ3) is 2.90. The molecule has 1 amide bonds. The molecule has 2 N–H and O–H groups in total. The number of fused-ring (bicyclic) bond motifs is 2. The summed E-state index contributed by atoms with van der Waals surface area (Å²) in [6, 6.07) is 11.2. The van der Waals surface area contributed by atoms with Crippen LogP contribution in [0.5, 0.6) is 0 Å². The van der Waals surface area contributed by atoms with Crippen LogP contribution in [0.25, 0.3) is 16.6 Å². The van der Waals surface area contributed by atoms with Crippen molar-refractivity contribution in [3.8, 4) is 0 Å². The molecule has 0 atom stereocenters. The number of para-hydroxylation sites is 1. The molecule has 1 fully saturated rings. The highest BCUT2D eigenvalue weighted by Crippen LogP contribution is 2.40. The van der Waals surface area contributed by atoms with Crippen LogP contribution >= 0.6 is 0 Å². The Balaban J connectivity index is 1.44. The van der Waals surface area contributed by atoms with E-state index in [0.29, 0.717) is 5.69 Å². The molecular weight excluding hydrogens is 364 g/mol. The molecule has 142 valence electrons. The van der Waals surface area contributed by atoms with Crippen LogP contribution in [-0.4, -0.2) is 25.5 Å². The molecule has 0 saturated heterocycles. The van der Waals surface area contributed by atoms with Crippen molar-refractivity contribution in [3.63, 3.8) is 0 Å². The normalized spacial score (nSPS) is 14.2. The summed E-state index contributed by atoms with van der Waals surface area (Å²) < 4.78 is 28.0. The first-order chi connectivity index (χ1) is 13.6. The Hall–Kier alpha value is -3.29. The van der Waals surface area contributed by atoms with E-state index >= 15 is 0 Å². The van der Waals surface area contributed by atoms with Crippen molar-refractivity contribution in [2.75, 3.05) is 0 Å². The van der Waals surface area contributed by atoms with E-state index in [1.807, 2.05) is 30.3 Å². The number of hydrogen-bond donors (Lipinski definition) is 2. The summed E-state index contributed by atoms with van der Waals surface area (Å²) in [4.78, 5) is 20.4. The zero-order valence-electron chi connectivity index (χ0n) is 14.8. The molecule has 0 aliphatic heterocycles. The summed E-state index contributed by atoms with van der Waals surface area (Å²) in [5.41, 5.74) is 2.58. The maximum Gasteiger partial charge on any atom is 0.280 e. The summed E-state index contributed by atoms with van der Waals surface area (Å²) in [6.07, 6.45) is 0.472. The second-order valence-electron chi connectivity index (χ2n) is 7.04. The minimum absolute atomic E-state index is 0.175. The van der Waals surface area contributed by atoms with Crippen LogP contribution < -0.4 is 5.32 Å². The molecule has 1 aromatic carbocycles. The summed E-state index contributed by atoms with van der Waals surface area (Å²) >= 11 is 0. The van der Waals surface area contributed by atoms with E-state index in [-0.39, 0.29) is 29.4 Å². The fourth-order valence-corrected chi connectivity index (χ4v) is 3.41. The summed E-state index contributed by atoms with van der Waals surface area (Å²) in [6.45, 7) is 0.287. The summed E-state index contributed by atoms with van der Waals surface area (Å²) in [5.74, 6) is -0.200. The highest BCUT2D eigenvalue weighted by atomic mass is 19.3. The van der Waals surface area contributed by atoms with Gasteiger partial charge in [0.1, 0.15) is 11.3 Å². The van der Waals surface area contributed by atoms with Crippen LogP contribution in [0.3, 0.4) is 0 Å². The molecule has 4 aromatic rings. The van der Waals surface area contributed by atoms with Gasteiger partial charge in [-0.1, -0.05) is 18.2 Å². The van der Waals surface area contributed by atoms with Gasteiger partial charge in [0.15, 0.2) is 5.65 Å². The number of aromatic nitrogens is 4. The number of hydrogen-bond acceptors (Lipinski definition) is 3. The van der Waals surface area contributed by atoms with Crippen LogP contribution in [0.4, 0.5) is 8.78 Å². The molecule has 1 aliphatic carbocycles. The summed E-state index contributed by atoms with van der Waals surface area (Å²) in [5, 5.41) is 7.85. The minimum atomic E-state index is -2.69. The number of H-pyrrole nitrogens is 1. The molecular formula is C20H17F2N5O. The van der Waals surface area contributed by atoms with Gasteiger partial charge in [0.05, 0.1) is 12.7 Å². The van der Waals surface area contributed by atoms with Gasteiger partial charge in [-0.15, -0.1) is 0 Å². The number of rotatable bonds is 5. The number of nitrogens with zero attached hydrogens (tertiary/aromatic N) is 3. The third-order valence-corrected chi connectivity index (χ3v) is 5.01. The van der Waals surface area contributed by atoms with Crippen LogP contribution in [0, 0.1) is 0 Å². The number of amides is 1. The number of nitrogens with one attached hydrogen (secondary N) is 2. The molecule has 28 heavy (non-hydrogen) atoms. The van der Waals surface area contributed by atoms with Gasteiger partial charge < -0.3 is 10.3 Å². The van der Waals surface area contributed by atoms with E-state index in [1.54, 1.807) is 0 Å². The monoisotopic (exact) mass is 381 g/mol. The van der Waals surface area contributed by atoms with E-state index in [9.17, 15) is 13.6 Å². The highest BCUT2D eigenvalue weighted by molar-refractivity contribution is 5.99. The lowest BCUT2D eigenvalue weighted by atomic mass is 10.2. The Morgan fingerprint density at radius 2 is 2.11 bits per heavy atom. The number of alkyl halides is 2. The Labute approximate surface area is 158 Å². The molecule has 3 aromatic heterocycles. The van der Waals surface area contributed by atoms with Crippen molar-refractivity contribution in [3.05, 3.63) is 65.2 Å². The molecule has 1 aliphatic rings. The fourth-order valence-electron chi connectivity index (χ4n) is 3.41. The standard InChI is InChI=1S/C20H17F2N5O/c21-18(22)17-8-16(11-5-6-11)26-19-14(10-24-27(17)19)20(28)23-9-13-7-12-3-1-2-4-15(12)25-13/h1-4,7-8,10-11,18,25H,5-6,9H2,(H,23,28). The first-order valence-electron chi connectivity index (χ1n) is 9.11. The SMILES string of the molecule is O=C(NCc1cc2ccccc2[nH]1)c1cnn2c(C(F)F)cc(C3CC3)nc12. The van der Waals surface area contributed by atoms with Crippen molar-refractivity contribution in [1.29, 1.82) is 0 Å². The van der Waals surface area contributed by atoms with E-state index < -0.39 is 12.3 Å². The van der Waals surface area contributed by atoms with Crippen molar-refractivity contribution in [2.24, 2.45) is 0 Å². The zero-order valence-corrected chi connectivity index (χ0v) is 14.8. The van der Waals surface area contributed by atoms with E-state index in [1.165, 1.54) is 12.3 Å². The fraction of sp³-hybridized carbons (Fsp3) is 0.250. The molecule has 0 spiro atoms. The summed E-state index contributed by atoms with van der Waals surface area (Å²) in [7, 11) is 0. The second-order valence-corrected chi connectivity index (χ2v) is 7.04. The van der Waals surface area contributed by atoms with Crippen molar-refractivity contribution in [1.82, 2.24) is 24.9 Å². The van der Waals surface area contributed by atoms with Gasteiger partial charge in [-0.3, -0.25) is 4.79 Å². The predicted octanol–water partition coefficient (Wildman–Crippen LogP) is 3.96. The molecule has 0 radical (unpaired) electrons. The first kappa shape index (κ1) is 16.9. The van der Waals surface area contributed by atoms with Gasteiger partial charge in [0.2, 0.25) is 0 Å². The number of aromatic amines is 1. The lowest BCUT2D eigenvalue weighted by molar-refractivity contribution is 0.0951. The van der Waals surface area contributed by atoms with Crippen LogP contribution in [0.2, 0.25) is 0 Å². The number of carbonyl (C=O) groups excluding carboxylic acids is 1. The third-order valence-electron chi connectivity index (χ3n) is 5.01. The number of halogens is 2. The largest absolute Gasteiger partial charge is 0.357 e. The minimum Gasteiger partial charge on any atom is -0.357 e. The topological polar surface area (TPSA) is 75.1 Å². The highest BCUT2D eigenvalue weighted by Gasteiger charge is 2.29. The molecule has 3 heterocycles. The smallest absolute Gasteiger partial charge is 0.280 e. The van der Waals surface area contributed by atoms with Crippen LogP contribution in [-0.2, 0) is 6.54 Å². The van der Waals surface area contributed by atoms with Crippen LogP contribution in [0.1, 0.15) is 52.6 Å². The second kappa shape index (κ2) is 6.40. The maximum absolute atomic E-state index is 13.4. The van der Waals surface area contributed by atoms with Gasteiger partial charge in [-0.2, -0.15) is 5.10 Å². The quantitative estimate of drug-likeness (QED) is 0.550. The predicted molar refractivity (Wildman–Crippen MR) is 99.4 cm³/mol. The Kier molecular flexibility index (Phi) is 3.85. The Bertz CT molecular complexity index is 1160. The van der Waals surface area contributed by atoms with Gasteiger partial charge in [0, 0.05) is 22.8 Å². The maximum atomic E-state index is 13.4. The molecule has 5 rings (SSSR count).